The number of carbonyl (C=O) groups is 2. The lowest BCUT2D eigenvalue weighted by Gasteiger charge is -2.11. The topological polar surface area (TPSA) is 52.6 Å². The predicted octanol–water partition coefficient (Wildman–Crippen LogP) is 3.90. The lowest BCUT2D eigenvalue weighted by atomic mass is 10.2. The fourth-order valence-electron chi connectivity index (χ4n) is 2.31. The van der Waals surface area contributed by atoms with Crippen LogP contribution in [0.4, 0.5) is 0 Å². The molecule has 0 amide bonds. The van der Waals surface area contributed by atoms with Crippen molar-refractivity contribution in [1.29, 1.82) is 0 Å². The van der Waals surface area contributed by atoms with Gasteiger partial charge in [0.15, 0.2) is 0 Å². The first-order chi connectivity index (χ1) is 11.1. The molecule has 1 aliphatic heterocycles. The standard InChI is InChI=1S/C17H16O4S2/c1-11-8-14(17(19)20-11)21-16(18)13-4-2-3-5-15(13)23-10-12-6-7-22-9-12/h2-7,9,11,14H,8,10H2,1H3/t11-,14+/m1/s1. The van der Waals surface area contributed by atoms with Gasteiger partial charge in [0.05, 0.1) is 5.56 Å². The number of benzene rings is 1. The van der Waals surface area contributed by atoms with Crippen LogP contribution in [0.1, 0.15) is 29.3 Å². The quantitative estimate of drug-likeness (QED) is 0.606. The molecular formula is C17H16O4S2. The third kappa shape index (κ3) is 3.95. The predicted molar refractivity (Wildman–Crippen MR) is 89.7 cm³/mol. The Morgan fingerprint density at radius 1 is 1.39 bits per heavy atom. The van der Waals surface area contributed by atoms with E-state index < -0.39 is 18.0 Å². The largest absolute Gasteiger partial charge is 0.460 e. The normalized spacial score (nSPS) is 20.3. The molecule has 4 nitrogen and oxygen atoms in total. The number of hydrogen-bond acceptors (Lipinski definition) is 6. The number of esters is 2. The van der Waals surface area contributed by atoms with E-state index in [-0.39, 0.29) is 6.10 Å². The van der Waals surface area contributed by atoms with Crippen molar-refractivity contribution in [1.82, 2.24) is 0 Å². The monoisotopic (exact) mass is 348 g/mol. The summed E-state index contributed by atoms with van der Waals surface area (Å²) in [6.07, 6.45) is -0.592. The summed E-state index contributed by atoms with van der Waals surface area (Å²) in [6.45, 7) is 1.79. The minimum atomic E-state index is -0.799. The first-order valence-electron chi connectivity index (χ1n) is 7.28. The summed E-state index contributed by atoms with van der Waals surface area (Å²) in [5, 5.41) is 4.12. The molecule has 0 saturated carbocycles. The molecule has 3 rings (SSSR count). The smallest absolute Gasteiger partial charge is 0.347 e. The van der Waals surface area contributed by atoms with Gasteiger partial charge in [-0.2, -0.15) is 11.3 Å². The fraction of sp³-hybridized carbons (Fsp3) is 0.294. The maximum Gasteiger partial charge on any atom is 0.347 e. The van der Waals surface area contributed by atoms with Gasteiger partial charge in [-0.05, 0) is 41.4 Å². The van der Waals surface area contributed by atoms with E-state index in [1.807, 2.05) is 17.5 Å². The van der Waals surface area contributed by atoms with Crippen molar-refractivity contribution >= 4 is 35.0 Å². The van der Waals surface area contributed by atoms with Gasteiger partial charge >= 0.3 is 11.9 Å². The number of thiophene rings is 1. The fourth-order valence-corrected chi connectivity index (χ4v) is 4.06. The summed E-state index contributed by atoms with van der Waals surface area (Å²) in [5.74, 6) is -0.153. The van der Waals surface area contributed by atoms with Crippen LogP contribution in [0.25, 0.3) is 0 Å². The Morgan fingerprint density at radius 2 is 2.22 bits per heavy atom. The van der Waals surface area contributed by atoms with E-state index in [0.29, 0.717) is 12.0 Å². The van der Waals surface area contributed by atoms with Crippen LogP contribution in [-0.2, 0) is 20.0 Å². The van der Waals surface area contributed by atoms with E-state index in [1.54, 1.807) is 42.2 Å². The molecule has 0 unspecified atom stereocenters. The van der Waals surface area contributed by atoms with Gasteiger partial charge in [-0.3, -0.25) is 0 Å². The van der Waals surface area contributed by atoms with Gasteiger partial charge in [0.1, 0.15) is 6.10 Å². The van der Waals surface area contributed by atoms with Crippen LogP contribution in [0.2, 0.25) is 0 Å². The Hall–Kier alpha value is -1.79. The maximum atomic E-state index is 12.4. The maximum absolute atomic E-state index is 12.4. The summed E-state index contributed by atoms with van der Waals surface area (Å²) >= 11 is 3.23. The summed E-state index contributed by atoms with van der Waals surface area (Å²) in [6, 6.07) is 9.36. The van der Waals surface area contributed by atoms with Crippen LogP contribution in [0.3, 0.4) is 0 Å². The molecule has 2 aromatic rings. The lowest BCUT2D eigenvalue weighted by Crippen LogP contribution is -2.23. The highest BCUT2D eigenvalue weighted by atomic mass is 32.2. The van der Waals surface area contributed by atoms with Gasteiger partial charge in [-0.25, -0.2) is 9.59 Å². The highest BCUT2D eigenvalue weighted by molar-refractivity contribution is 7.98. The SMILES string of the molecule is C[C@@H]1C[C@H](OC(=O)c2ccccc2SCc2ccsc2)C(=O)O1. The number of rotatable bonds is 5. The van der Waals surface area contributed by atoms with Crippen LogP contribution in [0.5, 0.6) is 0 Å². The third-order valence-corrected chi connectivity index (χ3v) is 5.33. The average Bonchev–Trinajstić information content (AvgIpc) is 3.15. The molecule has 1 aromatic heterocycles. The van der Waals surface area contributed by atoms with Crippen molar-refractivity contribution in [2.75, 3.05) is 0 Å². The second-order valence-electron chi connectivity index (χ2n) is 5.29. The van der Waals surface area contributed by atoms with Crippen molar-refractivity contribution in [2.24, 2.45) is 0 Å². The van der Waals surface area contributed by atoms with Crippen molar-refractivity contribution in [3.05, 3.63) is 52.2 Å². The Kier molecular flexibility index (Phi) is 5.03. The van der Waals surface area contributed by atoms with Crippen LogP contribution >= 0.6 is 23.1 Å². The second kappa shape index (κ2) is 7.19. The van der Waals surface area contributed by atoms with E-state index in [2.05, 4.69) is 11.4 Å². The summed E-state index contributed by atoms with van der Waals surface area (Å²) in [4.78, 5) is 24.9. The van der Waals surface area contributed by atoms with Gasteiger partial charge < -0.3 is 9.47 Å². The van der Waals surface area contributed by atoms with E-state index in [1.165, 1.54) is 5.56 Å². The highest BCUT2D eigenvalue weighted by Gasteiger charge is 2.35. The van der Waals surface area contributed by atoms with E-state index in [9.17, 15) is 9.59 Å². The summed E-state index contributed by atoms with van der Waals surface area (Å²) < 4.78 is 10.4. The first kappa shape index (κ1) is 16.1. The van der Waals surface area contributed by atoms with E-state index in [4.69, 9.17) is 9.47 Å². The zero-order chi connectivity index (χ0) is 16.2. The molecule has 0 radical (unpaired) electrons. The minimum absolute atomic E-state index is 0.205. The van der Waals surface area contributed by atoms with Gasteiger partial charge in [0.2, 0.25) is 6.10 Å². The Bertz CT molecular complexity index is 696. The molecule has 1 aliphatic rings. The molecule has 0 aliphatic carbocycles. The molecule has 0 bridgehead atoms. The molecule has 2 atom stereocenters. The summed E-state index contributed by atoms with van der Waals surface area (Å²) in [7, 11) is 0. The van der Waals surface area contributed by atoms with Gasteiger partial charge in [-0.1, -0.05) is 12.1 Å². The van der Waals surface area contributed by atoms with Gasteiger partial charge in [-0.15, -0.1) is 11.8 Å². The molecule has 0 spiro atoms. The molecule has 1 fully saturated rings. The molecule has 0 N–H and O–H groups in total. The molecule has 2 heterocycles. The minimum Gasteiger partial charge on any atom is -0.460 e. The van der Waals surface area contributed by atoms with Crippen molar-refractivity contribution in [3.63, 3.8) is 0 Å². The van der Waals surface area contributed by atoms with Gasteiger partial charge in [0.25, 0.3) is 0 Å². The van der Waals surface area contributed by atoms with Crippen LogP contribution in [0, 0.1) is 0 Å². The zero-order valence-electron chi connectivity index (χ0n) is 12.6. The number of cyclic esters (lactones) is 1. The summed E-state index contributed by atoms with van der Waals surface area (Å²) in [5.41, 5.74) is 1.71. The van der Waals surface area contributed by atoms with Crippen LogP contribution in [-0.4, -0.2) is 24.1 Å². The van der Waals surface area contributed by atoms with Crippen molar-refractivity contribution in [2.45, 2.75) is 36.2 Å². The van der Waals surface area contributed by atoms with Crippen molar-refractivity contribution < 1.29 is 19.1 Å². The molecule has 120 valence electrons. The highest BCUT2D eigenvalue weighted by Crippen LogP contribution is 2.28. The van der Waals surface area contributed by atoms with Gasteiger partial charge in [0, 0.05) is 17.1 Å². The lowest BCUT2D eigenvalue weighted by molar-refractivity contribution is -0.147. The molecule has 1 saturated heterocycles. The third-order valence-electron chi connectivity index (χ3n) is 3.46. The number of carbonyl (C=O) groups excluding carboxylic acids is 2. The first-order valence-corrected chi connectivity index (χ1v) is 9.20. The van der Waals surface area contributed by atoms with E-state index >= 15 is 0 Å². The Labute approximate surface area is 142 Å². The number of ether oxygens (including phenoxy) is 2. The zero-order valence-corrected chi connectivity index (χ0v) is 14.2. The average molecular weight is 348 g/mol. The second-order valence-corrected chi connectivity index (χ2v) is 7.09. The van der Waals surface area contributed by atoms with Crippen LogP contribution < -0.4 is 0 Å². The Morgan fingerprint density at radius 3 is 2.91 bits per heavy atom. The van der Waals surface area contributed by atoms with Crippen molar-refractivity contribution in [3.8, 4) is 0 Å². The Balaban J connectivity index is 1.69. The number of thioether (sulfide) groups is 1. The number of hydrogen-bond donors (Lipinski definition) is 0. The molecule has 1 aromatic carbocycles. The van der Waals surface area contributed by atoms with Crippen LogP contribution in [0.15, 0.2) is 46.0 Å². The molecule has 23 heavy (non-hydrogen) atoms. The molecular weight excluding hydrogens is 332 g/mol. The van der Waals surface area contributed by atoms with E-state index in [0.717, 1.165) is 10.6 Å². The molecule has 6 heteroatoms.